The number of aryl methyl sites for hydroxylation is 2. The zero-order chi connectivity index (χ0) is 29.2. The number of benzene rings is 4. The maximum atomic E-state index is 4.38. The predicted octanol–water partition coefficient (Wildman–Crippen LogP) is 11.5. The Kier molecular flexibility index (Phi) is 12.8. The standard InChI is InChI=1S/C36H44N6/c1-3-5-7-9-29-11-15-33(16-12-29)39-41-35-23-19-31(20-24-35)37-27-28-38-32-21-25-36(26-22-32)42-40-34-17-13-30(14-18-34)10-8-6-4-2/h11-26,37-38H,3-10,27-28H2,1-2H3/b41-39+,42-40+. The second kappa shape index (κ2) is 17.5. The summed E-state index contributed by atoms with van der Waals surface area (Å²) in [6.07, 6.45) is 9.79. The van der Waals surface area contributed by atoms with E-state index in [1.807, 2.05) is 72.8 Å². The summed E-state index contributed by atoms with van der Waals surface area (Å²) in [6, 6.07) is 32.8. The van der Waals surface area contributed by atoms with Crippen LogP contribution in [0.2, 0.25) is 0 Å². The molecule has 0 spiro atoms. The fraction of sp³-hybridized carbons (Fsp3) is 0.333. The summed E-state index contributed by atoms with van der Waals surface area (Å²) >= 11 is 0. The van der Waals surface area contributed by atoms with Crippen LogP contribution in [0.4, 0.5) is 34.1 Å². The molecule has 0 aliphatic heterocycles. The van der Waals surface area contributed by atoms with Gasteiger partial charge < -0.3 is 10.6 Å². The third kappa shape index (κ3) is 10.9. The number of azo groups is 2. The van der Waals surface area contributed by atoms with Crippen molar-refractivity contribution in [2.45, 2.75) is 65.2 Å². The molecule has 0 radical (unpaired) electrons. The van der Waals surface area contributed by atoms with E-state index in [0.29, 0.717) is 0 Å². The summed E-state index contributed by atoms with van der Waals surface area (Å²) in [5.41, 5.74) is 8.25. The zero-order valence-corrected chi connectivity index (χ0v) is 25.1. The van der Waals surface area contributed by atoms with Crippen LogP contribution in [0.3, 0.4) is 0 Å². The Morgan fingerprint density at radius 3 is 1.02 bits per heavy atom. The number of anilines is 2. The van der Waals surface area contributed by atoms with E-state index in [1.165, 1.54) is 49.7 Å². The van der Waals surface area contributed by atoms with Gasteiger partial charge in [0.2, 0.25) is 0 Å². The first kappa shape index (κ1) is 30.6. The number of nitrogens with one attached hydrogen (secondary N) is 2. The van der Waals surface area contributed by atoms with Crippen LogP contribution in [-0.2, 0) is 12.8 Å². The summed E-state index contributed by atoms with van der Waals surface area (Å²) in [4.78, 5) is 0. The van der Waals surface area contributed by atoms with E-state index in [0.717, 1.165) is 60.1 Å². The van der Waals surface area contributed by atoms with Crippen LogP contribution >= 0.6 is 0 Å². The maximum absolute atomic E-state index is 4.38. The van der Waals surface area contributed by atoms with Crippen LogP contribution in [0.1, 0.15) is 63.5 Å². The van der Waals surface area contributed by atoms with Crippen molar-refractivity contribution >= 4 is 34.1 Å². The van der Waals surface area contributed by atoms with Crippen molar-refractivity contribution < 1.29 is 0 Å². The first-order chi connectivity index (χ1) is 20.7. The molecule has 2 N–H and O–H groups in total. The van der Waals surface area contributed by atoms with Gasteiger partial charge >= 0.3 is 0 Å². The molecule has 4 aromatic rings. The van der Waals surface area contributed by atoms with Gasteiger partial charge in [-0.3, -0.25) is 0 Å². The molecule has 6 heteroatoms. The highest BCUT2D eigenvalue weighted by molar-refractivity contribution is 5.53. The maximum Gasteiger partial charge on any atom is 0.0858 e. The number of nitrogens with zero attached hydrogens (tertiary/aromatic N) is 4. The molecule has 0 aromatic heterocycles. The highest BCUT2D eigenvalue weighted by Crippen LogP contribution is 2.23. The molecule has 0 saturated carbocycles. The summed E-state index contributed by atoms with van der Waals surface area (Å²) in [6.45, 7) is 6.05. The highest BCUT2D eigenvalue weighted by Gasteiger charge is 1.99. The lowest BCUT2D eigenvalue weighted by molar-refractivity contribution is 0.717. The molecule has 0 aliphatic rings. The molecule has 42 heavy (non-hydrogen) atoms. The minimum atomic E-state index is 0.793. The van der Waals surface area contributed by atoms with Gasteiger partial charge in [0.25, 0.3) is 0 Å². The third-order valence-corrected chi connectivity index (χ3v) is 7.09. The molecular formula is C36H44N6. The van der Waals surface area contributed by atoms with Gasteiger partial charge in [0, 0.05) is 24.5 Å². The average Bonchev–Trinajstić information content (AvgIpc) is 3.04. The van der Waals surface area contributed by atoms with Crippen molar-refractivity contribution in [3.8, 4) is 0 Å². The minimum Gasteiger partial charge on any atom is -0.383 e. The SMILES string of the molecule is CCCCCc1ccc(/N=N/c2ccc(NCCNc3ccc(/N=N/c4ccc(CCCCC)cc4)cc3)cc2)cc1. The van der Waals surface area contributed by atoms with E-state index in [4.69, 9.17) is 0 Å². The number of unbranched alkanes of at least 4 members (excludes halogenated alkanes) is 4. The van der Waals surface area contributed by atoms with Crippen molar-refractivity contribution in [3.05, 3.63) is 108 Å². The molecule has 218 valence electrons. The zero-order valence-electron chi connectivity index (χ0n) is 25.1. The highest BCUT2D eigenvalue weighted by atomic mass is 15.1. The fourth-order valence-electron chi connectivity index (χ4n) is 4.55. The Morgan fingerprint density at radius 1 is 0.405 bits per heavy atom. The van der Waals surface area contributed by atoms with E-state index < -0.39 is 0 Å². The predicted molar refractivity (Wildman–Crippen MR) is 178 cm³/mol. The van der Waals surface area contributed by atoms with E-state index in [1.54, 1.807) is 0 Å². The van der Waals surface area contributed by atoms with Crippen LogP contribution < -0.4 is 10.6 Å². The molecule has 0 fully saturated rings. The van der Waals surface area contributed by atoms with Crippen LogP contribution in [-0.4, -0.2) is 13.1 Å². The second-order valence-electron chi connectivity index (χ2n) is 10.6. The van der Waals surface area contributed by atoms with Gasteiger partial charge in [-0.1, -0.05) is 63.8 Å². The van der Waals surface area contributed by atoms with E-state index in [9.17, 15) is 0 Å². The van der Waals surface area contributed by atoms with Gasteiger partial charge in [0.05, 0.1) is 22.7 Å². The summed E-state index contributed by atoms with van der Waals surface area (Å²) in [5, 5.41) is 24.4. The van der Waals surface area contributed by atoms with Gasteiger partial charge in [-0.05, 0) is 110 Å². The van der Waals surface area contributed by atoms with Crippen molar-refractivity contribution in [2.75, 3.05) is 23.7 Å². The van der Waals surface area contributed by atoms with Gasteiger partial charge in [-0.25, -0.2) is 0 Å². The molecule has 0 bridgehead atoms. The fourth-order valence-corrected chi connectivity index (χ4v) is 4.55. The third-order valence-electron chi connectivity index (χ3n) is 7.09. The van der Waals surface area contributed by atoms with Crippen LogP contribution in [0.5, 0.6) is 0 Å². The average molecular weight is 561 g/mol. The molecule has 6 nitrogen and oxygen atoms in total. The Balaban J connectivity index is 1.15. The monoisotopic (exact) mass is 560 g/mol. The normalized spacial score (nSPS) is 11.4. The van der Waals surface area contributed by atoms with Crippen LogP contribution in [0.15, 0.2) is 118 Å². The molecule has 0 unspecified atom stereocenters. The molecule has 0 saturated heterocycles. The van der Waals surface area contributed by atoms with Crippen LogP contribution in [0.25, 0.3) is 0 Å². The van der Waals surface area contributed by atoms with Crippen molar-refractivity contribution in [2.24, 2.45) is 20.5 Å². The number of hydrogen-bond donors (Lipinski definition) is 2. The molecule has 0 heterocycles. The summed E-state index contributed by atoms with van der Waals surface area (Å²) in [7, 11) is 0. The minimum absolute atomic E-state index is 0.793. The Morgan fingerprint density at radius 2 is 0.714 bits per heavy atom. The lowest BCUT2D eigenvalue weighted by atomic mass is 10.1. The Hall–Kier alpha value is -4.32. The molecule has 0 aliphatic carbocycles. The van der Waals surface area contributed by atoms with Gasteiger partial charge in [-0.2, -0.15) is 20.5 Å². The molecule has 0 atom stereocenters. The molecular weight excluding hydrogens is 516 g/mol. The van der Waals surface area contributed by atoms with Gasteiger partial charge in [0.15, 0.2) is 0 Å². The smallest absolute Gasteiger partial charge is 0.0858 e. The number of hydrogen-bond acceptors (Lipinski definition) is 6. The summed E-state index contributed by atoms with van der Waals surface area (Å²) < 4.78 is 0. The van der Waals surface area contributed by atoms with Gasteiger partial charge in [0.1, 0.15) is 0 Å². The topological polar surface area (TPSA) is 73.5 Å². The largest absolute Gasteiger partial charge is 0.383 e. The molecule has 4 aromatic carbocycles. The number of rotatable bonds is 17. The quantitative estimate of drug-likeness (QED) is 0.0995. The van der Waals surface area contributed by atoms with Crippen molar-refractivity contribution in [1.29, 1.82) is 0 Å². The van der Waals surface area contributed by atoms with E-state index in [-0.39, 0.29) is 0 Å². The van der Waals surface area contributed by atoms with Gasteiger partial charge in [-0.15, -0.1) is 0 Å². The first-order valence-electron chi connectivity index (χ1n) is 15.4. The summed E-state index contributed by atoms with van der Waals surface area (Å²) in [5.74, 6) is 0. The van der Waals surface area contributed by atoms with Crippen LogP contribution in [0, 0.1) is 0 Å². The molecule has 0 amide bonds. The van der Waals surface area contributed by atoms with Crippen molar-refractivity contribution in [1.82, 2.24) is 0 Å². The second-order valence-corrected chi connectivity index (χ2v) is 10.6. The van der Waals surface area contributed by atoms with Crippen molar-refractivity contribution in [3.63, 3.8) is 0 Å². The van der Waals surface area contributed by atoms with E-state index >= 15 is 0 Å². The van der Waals surface area contributed by atoms with E-state index in [2.05, 4.69) is 69.2 Å². The Labute approximate surface area is 251 Å². The first-order valence-corrected chi connectivity index (χ1v) is 15.4. The lowest BCUT2D eigenvalue weighted by Gasteiger charge is -2.09. The molecule has 4 rings (SSSR count). The Bertz CT molecular complexity index is 1250. The lowest BCUT2D eigenvalue weighted by Crippen LogP contribution is -2.13.